The van der Waals surface area contributed by atoms with Crippen LogP contribution in [0.15, 0.2) is 34.2 Å². The number of aromatic nitrogens is 3. The van der Waals surface area contributed by atoms with Crippen LogP contribution in [-0.4, -0.2) is 23.6 Å². The van der Waals surface area contributed by atoms with Gasteiger partial charge in [-0.05, 0) is 6.07 Å². The minimum absolute atomic E-state index is 0.0847. The van der Waals surface area contributed by atoms with Gasteiger partial charge in [-0.3, -0.25) is 4.98 Å². The fraction of sp³-hybridized carbons (Fsp3) is 0. The molecule has 0 atom stereocenters. The Kier molecular flexibility index (Phi) is 2.21. The number of nitrogens with zero attached hydrogens (tertiary/aromatic N) is 3. The number of pyridine rings is 1. The van der Waals surface area contributed by atoms with Crippen LogP contribution >= 0.6 is 0 Å². The van der Waals surface area contributed by atoms with Crippen molar-refractivity contribution in [2.24, 2.45) is 5.14 Å². The van der Waals surface area contributed by atoms with Crippen LogP contribution in [0.3, 0.4) is 0 Å². The summed E-state index contributed by atoms with van der Waals surface area (Å²) in [6.07, 6.45) is 3.64. The molecule has 2 N–H and O–H groups in total. The van der Waals surface area contributed by atoms with Crippen LogP contribution in [0.2, 0.25) is 0 Å². The van der Waals surface area contributed by atoms with Crippen LogP contribution in [-0.2, 0) is 10.0 Å². The molecule has 0 bridgehead atoms. The molecule has 78 valence electrons. The second kappa shape index (κ2) is 3.41. The van der Waals surface area contributed by atoms with E-state index < -0.39 is 10.0 Å². The highest BCUT2D eigenvalue weighted by molar-refractivity contribution is 7.89. The molecule has 2 aromatic heterocycles. The minimum atomic E-state index is -3.85. The van der Waals surface area contributed by atoms with E-state index in [1.807, 2.05) is 0 Å². The van der Waals surface area contributed by atoms with Crippen molar-refractivity contribution in [1.29, 1.82) is 0 Å². The highest BCUT2D eigenvalue weighted by Gasteiger charge is 2.18. The second-order valence-electron chi connectivity index (χ2n) is 2.66. The van der Waals surface area contributed by atoms with E-state index in [4.69, 9.17) is 9.56 Å². The topological polar surface area (TPSA) is 112 Å². The maximum atomic E-state index is 11.2. The highest BCUT2D eigenvalue weighted by Crippen LogP contribution is 2.22. The van der Waals surface area contributed by atoms with Crippen molar-refractivity contribution in [1.82, 2.24) is 15.2 Å². The summed E-state index contributed by atoms with van der Waals surface area (Å²) in [6.45, 7) is 0. The van der Waals surface area contributed by atoms with Gasteiger partial charge in [0.15, 0.2) is 0 Å². The SMILES string of the molecule is NS(=O)(=O)c1cnccc1-c1nnco1. The number of sulfonamides is 1. The maximum absolute atomic E-state index is 11.2. The zero-order valence-corrected chi connectivity index (χ0v) is 8.18. The predicted octanol–water partition coefficient (Wildman–Crippen LogP) is -0.221. The Morgan fingerprint density at radius 3 is 2.80 bits per heavy atom. The molecule has 0 fully saturated rings. The molecule has 0 spiro atoms. The van der Waals surface area contributed by atoms with E-state index in [2.05, 4.69) is 15.2 Å². The Morgan fingerprint density at radius 2 is 2.20 bits per heavy atom. The molecular weight excluding hydrogens is 220 g/mol. The quantitative estimate of drug-likeness (QED) is 0.757. The third-order valence-electron chi connectivity index (χ3n) is 1.68. The zero-order valence-electron chi connectivity index (χ0n) is 7.36. The van der Waals surface area contributed by atoms with Crippen LogP contribution in [0, 0.1) is 0 Å². The normalized spacial score (nSPS) is 11.5. The first-order valence-electron chi connectivity index (χ1n) is 3.82. The van der Waals surface area contributed by atoms with Gasteiger partial charge in [-0.25, -0.2) is 13.6 Å². The van der Waals surface area contributed by atoms with Crippen molar-refractivity contribution >= 4 is 10.0 Å². The van der Waals surface area contributed by atoms with E-state index in [1.165, 1.54) is 12.3 Å². The molecule has 2 rings (SSSR count). The van der Waals surface area contributed by atoms with Crippen LogP contribution in [0.25, 0.3) is 11.5 Å². The number of primary sulfonamides is 1. The first-order valence-corrected chi connectivity index (χ1v) is 5.37. The molecule has 0 aliphatic carbocycles. The highest BCUT2D eigenvalue weighted by atomic mass is 32.2. The molecule has 0 aromatic carbocycles. The van der Waals surface area contributed by atoms with Gasteiger partial charge < -0.3 is 4.42 Å². The van der Waals surface area contributed by atoms with E-state index in [0.717, 1.165) is 12.6 Å². The summed E-state index contributed by atoms with van der Waals surface area (Å²) in [5.74, 6) is 0.0847. The van der Waals surface area contributed by atoms with E-state index in [0.29, 0.717) is 0 Å². The Morgan fingerprint density at radius 1 is 1.40 bits per heavy atom. The lowest BCUT2D eigenvalue weighted by molar-refractivity contribution is 0.565. The summed E-state index contributed by atoms with van der Waals surface area (Å²) in [5, 5.41) is 12.1. The van der Waals surface area contributed by atoms with Crippen LogP contribution in [0.5, 0.6) is 0 Å². The minimum Gasteiger partial charge on any atom is -0.423 e. The number of nitrogens with two attached hydrogens (primary N) is 1. The van der Waals surface area contributed by atoms with Crippen LogP contribution in [0.4, 0.5) is 0 Å². The molecule has 0 radical (unpaired) electrons. The van der Waals surface area contributed by atoms with Crippen molar-refractivity contribution in [2.75, 3.05) is 0 Å². The summed E-state index contributed by atoms with van der Waals surface area (Å²) in [5.41, 5.74) is 0.241. The molecule has 0 amide bonds. The van der Waals surface area contributed by atoms with Gasteiger partial charge in [0.1, 0.15) is 4.90 Å². The first kappa shape index (κ1) is 9.74. The Bertz CT molecular complexity index is 564. The third-order valence-corrected chi connectivity index (χ3v) is 2.62. The van der Waals surface area contributed by atoms with Crippen LogP contribution in [0.1, 0.15) is 0 Å². The average Bonchev–Trinajstić information content (AvgIpc) is 2.69. The predicted molar refractivity (Wildman–Crippen MR) is 48.9 cm³/mol. The maximum Gasteiger partial charge on any atom is 0.248 e. The molecule has 0 aliphatic rings. The number of hydrogen-bond donors (Lipinski definition) is 1. The van der Waals surface area contributed by atoms with Crippen molar-refractivity contribution in [3.63, 3.8) is 0 Å². The van der Waals surface area contributed by atoms with E-state index in [-0.39, 0.29) is 16.3 Å². The number of hydrogen-bond acceptors (Lipinski definition) is 6. The fourth-order valence-electron chi connectivity index (χ4n) is 1.07. The lowest BCUT2D eigenvalue weighted by Gasteiger charge is -2.01. The standard InChI is InChI=1S/C7H6N4O3S/c8-15(12,13)6-3-9-2-1-5(6)7-11-10-4-14-7/h1-4H,(H2,8,12,13). The number of rotatable bonds is 2. The third kappa shape index (κ3) is 1.85. The molecule has 7 nitrogen and oxygen atoms in total. The largest absolute Gasteiger partial charge is 0.423 e. The average molecular weight is 226 g/mol. The Labute approximate surface area is 85.0 Å². The molecule has 15 heavy (non-hydrogen) atoms. The molecule has 0 saturated carbocycles. The van der Waals surface area contributed by atoms with Crippen molar-refractivity contribution in [2.45, 2.75) is 4.90 Å². The van der Waals surface area contributed by atoms with Crippen molar-refractivity contribution in [3.8, 4) is 11.5 Å². The molecule has 2 aromatic rings. The molecule has 0 aliphatic heterocycles. The van der Waals surface area contributed by atoms with Gasteiger partial charge in [0.05, 0.1) is 5.56 Å². The Hall–Kier alpha value is -1.80. The van der Waals surface area contributed by atoms with Gasteiger partial charge in [0.25, 0.3) is 0 Å². The fourth-order valence-corrected chi connectivity index (χ4v) is 1.74. The summed E-state index contributed by atoms with van der Waals surface area (Å²) in [7, 11) is -3.85. The first-order chi connectivity index (χ1) is 7.09. The summed E-state index contributed by atoms with van der Waals surface area (Å²) >= 11 is 0. The van der Waals surface area contributed by atoms with Gasteiger partial charge in [-0.1, -0.05) is 0 Å². The smallest absolute Gasteiger partial charge is 0.248 e. The molecule has 0 saturated heterocycles. The van der Waals surface area contributed by atoms with E-state index >= 15 is 0 Å². The van der Waals surface area contributed by atoms with Gasteiger partial charge >= 0.3 is 0 Å². The monoisotopic (exact) mass is 226 g/mol. The van der Waals surface area contributed by atoms with Gasteiger partial charge in [-0.2, -0.15) is 0 Å². The molecule has 0 unspecified atom stereocenters. The molecule has 8 heteroatoms. The zero-order chi connectivity index (χ0) is 10.9. The Balaban J connectivity index is 2.68. The lowest BCUT2D eigenvalue weighted by atomic mass is 10.3. The van der Waals surface area contributed by atoms with Crippen molar-refractivity contribution in [3.05, 3.63) is 24.9 Å². The van der Waals surface area contributed by atoms with Crippen molar-refractivity contribution < 1.29 is 12.8 Å². The second-order valence-corrected chi connectivity index (χ2v) is 4.19. The van der Waals surface area contributed by atoms with Gasteiger partial charge in [0, 0.05) is 12.4 Å². The van der Waals surface area contributed by atoms with E-state index in [1.54, 1.807) is 0 Å². The summed E-state index contributed by atoms with van der Waals surface area (Å²) in [4.78, 5) is 3.53. The van der Waals surface area contributed by atoms with Gasteiger partial charge in [-0.15, -0.1) is 10.2 Å². The molecule has 2 heterocycles. The van der Waals surface area contributed by atoms with E-state index in [9.17, 15) is 8.42 Å². The summed E-state index contributed by atoms with van der Waals surface area (Å²) < 4.78 is 27.3. The lowest BCUT2D eigenvalue weighted by Crippen LogP contribution is -2.13. The molecular formula is C7H6N4O3S. The summed E-state index contributed by atoms with van der Waals surface area (Å²) in [6, 6.07) is 1.44. The van der Waals surface area contributed by atoms with Gasteiger partial charge in [0.2, 0.25) is 22.3 Å². The van der Waals surface area contributed by atoms with Crippen LogP contribution < -0.4 is 5.14 Å².